The number of piperazine rings is 1. The highest BCUT2D eigenvalue weighted by atomic mass is 16.2. The largest absolute Gasteiger partial charge is 0.336 e. The molecule has 3 amide bonds. The molecule has 2 aromatic carbocycles. The molecular weight excluding hydrogens is 364 g/mol. The van der Waals surface area contributed by atoms with Crippen LogP contribution in [0.2, 0.25) is 0 Å². The molecule has 0 aromatic heterocycles. The van der Waals surface area contributed by atoms with E-state index in [1.807, 2.05) is 19.1 Å². The van der Waals surface area contributed by atoms with E-state index in [9.17, 15) is 9.59 Å². The van der Waals surface area contributed by atoms with E-state index in [0.29, 0.717) is 13.1 Å². The van der Waals surface area contributed by atoms with Crippen LogP contribution in [0.15, 0.2) is 60.7 Å². The third-order valence-corrected chi connectivity index (χ3v) is 5.97. The molecule has 0 spiro atoms. The van der Waals surface area contributed by atoms with Crippen LogP contribution in [-0.2, 0) is 4.79 Å². The van der Waals surface area contributed by atoms with Crippen molar-refractivity contribution < 1.29 is 9.59 Å². The van der Waals surface area contributed by atoms with Gasteiger partial charge in [-0.05, 0) is 18.1 Å². The molecule has 1 N–H and O–H groups in total. The highest BCUT2D eigenvalue weighted by molar-refractivity contribution is 5.98. The van der Waals surface area contributed by atoms with Crippen LogP contribution in [0.25, 0.3) is 0 Å². The second-order valence-corrected chi connectivity index (χ2v) is 7.69. The third kappa shape index (κ3) is 4.18. The number of nitrogens with one attached hydrogen (secondary N) is 1. The van der Waals surface area contributed by atoms with Crippen LogP contribution >= 0.6 is 0 Å². The van der Waals surface area contributed by atoms with Crippen molar-refractivity contribution >= 4 is 11.9 Å². The van der Waals surface area contributed by atoms with Crippen LogP contribution in [0.4, 0.5) is 4.79 Å². The Balaban J connectivity index is 1.45. The number of hydrogen-bond donors (Lipinski definition) is 1. The van der Waals surface area contributed by atoms with Crippen molar-refractivity contribution in [2.45, 2.75) is 19.0 Å². The minimum atomic E-state index is -0.284. The number of rotatable bonds is 5. The lowest BCUT2D eigenvalue weighted by molar-refractivity contribution is -0.133. The van der Waals surface area contributed by atoms with E-state index >= 15 is 0 Å². The van der Waals surface area contributed by atoms with E-state index < -0.39 is 0 Å². The summed E-state index contributed by atoms with van der Waals surface area (Å²) in [4.78, 5) is 30.6. The van der Waals surface area contributed by atoms with Gasteiger partial charge in [0.25, 0.3) is 0 Å². The van der Waals surface area contributed by atoms with Crippen molar-refractivity contribution in [3.63, 3.8) is 0 Å². The Hall–Kier alpha value is -2.70. The third-order valence-electron chi connectivity index (χ3n) is 5.97. The second-order valence-electron chi connectivity index (χ2n) is 7.69. The fraction of sp³-hybridized carbons (Fsp3) is 0.391. The molecule has 0 aliphatic carbocycles. The Labute approximate surface area is 172 Å². The van der Waals surface area contributed by atoms with Crippen molar-refractivity contribution in [1.29, 1.82) is 0 Å². The second kappa shape index (κ2) is 8.76. The first-order chi connectivity index (χ1) is 14.1. The number of nitrogens with zero attached hydrogens (tertiary/aromatic N) is 3. The SMILES string of the molecule is C[C@H](C(=O)N1CCNC1=O)N1CCN(C(c2ccccc2)c2ccccc2)CC1. The highest BCUT2D eigenvalue weighted by Crippen LogP contribution is 2.29. The molecule has 152 valence electrons. The first-order valence-corrected chi connectivity index (χ1v) is 10.3. The maximum Gasteiger partial charge on any atom is 0.324 e. The van der Waals surface area contributed by atoms with Crippen LogP contribution in [0.5, 0.6) is 0 Å². The number of imide groups is 1. The van der Waals surface area contributed by atoms with Gasteiger partial charge in [0.1, 0.15) is 0 Å². The molecule has 2 aliphatic rings. The summed E-state index contributed by atoms with van der Waals surface area (Å²) in [6.07, 6.45) is 0. The van der Waals surface area contributed by atoms with Gasteiger partial charge in [0.2, 0.25) is 5.91 Å². The van der Waals surface area contributed by atoms with Crippen LogP contribution < -0.4 is 5.32 Å². The number of urea groups is 1. The summed E-state index contributed by atoms with van der Waals surface area (Å²) >= 11 is 0. The predicted molar refractivity (Wildman–Crippen MR) is 112 cm³/mol. The minimum absolute atomic E-state index is 0.101. The molecule has 0 saturated carbocycles. The van der Waals surface area contributed by atoms with E-state index in [2.05, 4.69) is 63.6 Å². The maximum atomic E-state index is 12.7. The van der Waals surface area contributed by atoms with Gasteiger partial charge in [-0.25, -0.2) is 4.79 Å². The van der Waals surface area contributed by atoms with E-state index in [4.69, 9.17) is 0 Å². The summed E-state index contributed by atoms with van der Waals surface area (Å²) in [7, 11) is 0. The van der Waals surface area contributed by atoms with E-state index in [1.54, 1.807) is 0 Å². The number of hydrogen-bond acceptors (Lipinski definition) is 4. The van der Waals surface area contributed by atoms with Crippen molar-refractivity contribution in [2.24, 2.45) is 0 Å². The molecule has 2 saturated heterocycles. The van der Waals surface area contributed by atoms with E-state index in [0.717, 1.165) is 26.2 Å². The molecule has 1 atom stereocenters. The Morgan fingerprint density at radius 2 is 1.34 bits per heavy atom. The first-order valence-electron chi connectivity index (χ1n) is 10.3. The average molecular weight is 393 g/mol. The summed E-state index contributed by atoms with van der Waals surface area (Å²) in [6.45, 7) is 6.27. The Morgan fingerprint density at radius 1 is 0.828 bits per heavy atom. The van der Waals surface area contributed by atoms with Gasteiger partial charge in [-0.15, -0.1) is 0 Å². The topological polar surface area (TPSA) is 55.9 Å². The predicted octanol–water partition coefficient (Wildman–Crippen LogP) is 2.33. The van der Waals surface area contributed by atoms with Gasteiger partial charge in [-0.3, -0.25) is 19.5 Å². The van der Waals surface area contributed by atoms with E-state index in [-0.39, 0.29) is 24.0 Å². The summed E-state index contributed by atoms with van der Waals surface area (Å²) in [6, 6.07) is 20.8. The van der Waals surface area contributed by atoms with Crippen LogP contribution in [0.3, 0.4) is 0 Å². The number of amides is 3. The van der Waals surface area contributed by atoms with Gasteiger partial charge in [0.05, 0.1) is 12.1 Å². The summed E-state index contributed by atoms with van der Waals surface area (Å²) in [5, 5.41) is 2.71. The molecule has 2 fully saturated rings. The minimum Gasteiger partial charge on any atom is -0.336 e. The summed E-state index contributed by atoms with van der Waals surface area (Å²) < 4.78 is 0. The zero-order valence-electron chi connectivity index (χ0n) is 16.8. The summed E-state index contributed by atoms with van der Waals surface area (Å²) in [5.41, 5.74) is 2.56. The van der Waals surface area contributed by atoms with Gasteiger partial charge < -0.3 is 5.32 Å². The molecular formula is C23H28N4O2. The van der Waals surface area contributed by atoms with Gasteiger partial charge >= 0.3 is 6.03 Å². The number of carbonyl (C=O) groups is 2. The van der Waals surface area contributed by atoms with Crippen LogP contribution in [-0.4, -0.2) is 71.9 Å². The lowest BCUT2D eigenvalue weighted by Gasteiger charge is -2.41. The quantitative estimate of drug-likeness (QED) is 0.849. The first kappa shape index (κ1) is 19.6. The molecule has 0 unspecified atom stereocenters. The highest BCUT2D eigenvalue weighted by Gasteiger charge is 2.35. The van der Waals surface area contributed by atoms with Crippen molar-refractivity contribution in [2.75, 3.05) is 39.3 Å². The standard InChI is InChI=1S/C23H28N4O2/c1-18(22(28)27-13-12-24-23(27)29)25-14-16-26(17-15-25)21(19-8-4-2-5-9-19)20-10-6-3-7-11-20/h2-11,18,21H,12-17H2,1H3,(H,24,29)/t18-/m1/s1. The molecule has 29 heavy (non-hydrogen) atoms. The zero-order chi connectivity index (χ0) is 20.2. The maximum absolute atomic E-state index is 12.7. The van der Waals surface area contributed by atoms with Gasteiger partial charge in [-0.2, -0.15) is 0 Å². The van der Waals surface area contributed by atoms with Gasteiger partial charge in [-0.1, -0.05) is 60.7 Å². The zero-order valence-corrected chi connectivity index (χ0v) is 16.8. The van der Waals surface area contributed by atoms with Gasteiger partial charge in [0, 0.05) is 39.3 Å². The lowest BCUT2D eigenvalue weighted by atomic mass is 9.96. The molecule has 0 bridgehead atoms. The van der Waals surface area contributed by atoms with Gasteiger partial charge in [0.15, 0.2) is 0 Å². The molecule has 2 heterocycles. The average Bonchev–Trinajstić information content (AvgIpc) is 3.21. The number of carbonyl (C=O) groups excluding carboxylic acids is 2. The molecule has 6 nitrogen and oxygen atoms in total. The van der Waals surface area contributed by atoms with Crippen molar-refractivity contribution in [3.05, 3.63) is 71.8 Å². The lowest BCUT2D eigenvalue weighted by Crippen LogP contribution is -2.55. The Kier molecular flexibility index (Phi) is 5.92. The monoisotopic (exact) mass is 392 g/mol. The molecule has 2 aliphatic heterocycles. The van der Waals surface area contributed by atoms with Crippen LogP contribution in [0, 0.1) is 0 Å². The molecule has 4 rings (SSSR count). The summed E-state index contributed by atoms with van der Waals surface area (Å²) in [5.74, 6) is -0.101. The molecule has 6 heteroatoms. The van der Waals surface area contributed by atoms with E-state index in [1.165, 1.54) is 16.0 Å². The Bertz CT molecular complexity index is 795. The Morgan fingerprint density at radius 3 is 1.83 bits per heavy atom. The molecule has 2 aromatic rings. The van der Waals surface area contributed by atoms with Crippen molar-refractivity contribution in [1.82, 2.24) is 20.0 Å². The fourth-order valence-corrected chi connectivity index (χ4v) is 4.33. The normalized spacial score (nSPS) is 19.4. The smallest absolute Gasteiger partial charge is 0.324 e. The fourth-order valence-electron chi connectivity index (χ4n) is 4.33. The number of benzene rings is 2. The van der Waals surface area contributed by atoms with Crippen molar-refractivity contribution in [3.8, 4) is 0 Å². The van der Waals surface area contributed by atoms with Crippen LogP contribution in [0.1, 0.15) is 24.1 Å². The molecule has 0 radical (unpaired) electrons.